The smallest absolute Gasteiger partial charge is 0.306 e. The van der Waals surface area contributed by atoms with Gasteiger partial charge in [-0.25, -0.2) is 0 Å². The van der Waals surface area contributed by atoms with Gasteiger partial charge in [0.1, 0.15) is 13.2 Å². The number of esters is 3. The second kappa shape index (κ2) is 45.6. The number of unbranched alkanes of at least 4 members (excludes halogenated alkanes) is 21. The summed E-state index contributed by atoms with van der Waals surface area (Å²) >= 11 is 0. The van der Waals surface area contributed by atoms with Gasteiger partial charge in [-0.1, -0.05) is 203 Å². The molecule has 57 heavy (non-hydrogen) atoms. The van der Waals surface area contributed by atoms with Gasteiger partial charge in [0.25, 0.3) is 0 Å². The maximum Gasteiger partial charge on any atom is 0.306 e. The fourth-order valence-electron chi connectivity index (χ4n) is 6.31. The molecule has 0 saturated heterocycles. The van der Waals surface area contributed by atoms with E-state index in [9.17, 15) is 14.4 Å². The first-order valence-electron chi connectivity index (χ1n) is 23.5. The first-order valence-corrected chi connectivity index (χ1v) is 23.5. The molecular formula is C51H86O6. The summed E-state index contributed by atoms with van der Waals surface area (Å²) in [5.41, 5.74) is 0. The molecule has 0 saturated carbocycles. The van der Waals surface area contributed by atoms with Gasteiger partial charge < -0.3 is 14.2 Å². The molecule has 0 heterocycles. The normalized spacial score (nSPS) is 12.7. The van der Waals surface area contributed by atoms with Crippen LogP contribution in [0.25, 0.3) is 0 Å². The Morgan fingerprint density at radius 1 is 0.386 bits per heavy atom. The van der Waals surface area contributed by atoms with E-state index < -0.39 is 6.10 Å². The molecule has 6 nitrogen and oxygen atoms in total. The third-order valence-electron chi connectivity index (χ3n) is 9.80. The molecule has 0 N–H and O–H groups in total. The Labute approximate surface area is 351 Å². The van der Waals surface area contributed by atoms with Crippen LogP contribution >= 0.6 is 0 Å². The van der Waals surface area contributed by atoms with Crippen LogP contribution in [-0.2, 0) is 28.6 Å². The number of ether oxygens (including phenoxy) is 3. The number of allylic oxidation sites excluding steroid dienone is 12. The fourth-order valence-corrected chi connectivity index (χ4v) is 6.31. The Kier molecular flexibility index (Phi) is 43.0. The van der Waals surface area contributed by atoms with Crippen LogP contribution < -0.4 is 0 Å². The molecule has 0 aliphatic carbocycles. The minimum Gasteiger partial charge on any atom is -0.462 e. The van der Waals surface area contributed by atoms with Crippen LogP contribution in [-0.4, -0.2) is 37.2 Å². The molecule has 1 atom stereocenters. The van der Waals surface area contributed by atoms with Crippen molar-refractivity contribution in [2.45, 2.75) is 219 Å². The lowest BCUT2D eigenvalue weighted by atomic mass is 10.0. The van der Waals surface area contributed by atoms with Crippen molar-refractivity contribution in [3.05, 3.63) is 72.9 Å². The molecule has 0 aromatic heterocycles. The SMILES string of the molecule is CC\C=C/C=C\C=C/C=C\CCCCCC(=O)OC(COC(=O)CCCCCCCCC/C=C\C/C=C\CC)COC(=O)CCCCCCCCCCCCCC. The zero-order chi connectivity index (χ0) is 41.5. The zero-order valence-corrected chi connectivity index (χ0v) is 37.1. The largest absolute Gasteiger partial charge is 0.462 e. The molecule has 0 bridgehead atoms. The van der Waals surface area contributed by atoms with Gasteiger partial charge in [-0.15, -0.1) is 0 Å². The third-order valence-corrected chi connectivity index (χ3v) is 9.80. The van der Waals surface area contributed by atoms with Crippen LogP contribution in [0.4, 0.5) is 0 Å². The van der Waals surface area contributed by atoms with Crippen LogP contribution in [0.15, 0.2) is 72.9 Å². The van der Waals surface area contributed by atoms with Crippen molar-refractivity contribution >= 4 is 17.9 Å². The first-order chi connectivity index (χ1) is 28.0. The topological polar surface area (TPSA) is 78.9 Å². The number of carbonyl (C=O) groups excluding carboxylic acids is 3. The van der Waals surface area contributed by atoms with Gasteiger partial charge in [-0.2, -0.15) is 0 Å². The van der Waals surface area contributed by atoms with Gasteiger partial charge >= 0.3 is 17.9 Å². The number of carbonyl (C=O) groups is 3. The summed E-state index contributed by atoms with van der Waals surface area (Å²) in [4.78, 5) is 37.8. The Balaban J connectivity index is 4.45. The molecule has 0 aromatic carbocycles. The van der Waals surface area contributed by atoms with Crippen LogP contribution in [0.5, 0.6) is 0 Å². The molecule has 0 aliphatic heterocycles. The lowest BCUT2D eigenvalue weighted by Crippen LogP contribution is -2.30. The minimum absolute atomic E-state index is 0.0931. The van der Waals surface area contributed by atoms with E-state index in [1.54, 1.807) is 0 Å². The summed E-state index contributed by atoms with van der Waals surface area (Å²) in [6.45, 7) is 6.34. The van der Waals surface area contributed by atoms with E-state index in [4.69, 9.17) is 14.2 Å². The van der Waals surface area contributed by atoms with E-state index in [2.05, 4.69) is 57.2 Å². The highest BCUT2D eigenvalue weighted by atomic mass is 16.6. The van der Waals surface area contributed by atoms with Crippen LogP contribution in [0, 0.1) is 0 Å². The van der Waals surface area contributed by atoms with Crippen molar-refractivity contribution in [1.82, 2.24) is 0 Å². The molecule has 0 radical (unpaired) electrons. The van der Waals surface area contributed by atoms with Crippen molar-refractivity contribution in [1.29, 1.82) is 0 Å². The van der Waals surface area contributed by atoms with Crippen molar-refractivity contribution in [2.75, 3.05) is 13.2 Å². The predicted molar refractivity (Wildman–Crippen MR) is 242 cm³/mol. The molecule has 1 unspecified atom stereocenters. The Morgan fingerprint density at radius 3 is 1.28 bits per heavy atom. The molecule has 0 aromatic rings. The molecule has 0 amide bonds. The standard InChI is InChI=1S/C51H86O6/c1-4-7-10-13-16-19-22-25-27-29-32-35-38-41-44-50(53)56-47-48(46-55-49(52)43-40-37-34-31-28-24-21-18-15-12-9-6-3)57-51(54)45-42-39-36-33-30-26-23-20-17-14-11-8-5-2/h7-8,10-11,14,16-17,19-20,23,26,30,48H,4-6,9,12-13,15,18,21-22,24-25,27-29,31-47H2,1-3H3/b10-7-,11-8-,17-14-,19-16-,23-20-,30-26-. The maximum absolute atomic E-state index is 12.7. The highest BCUT2D eigenvalue weighted by molar-refractivity contribution is 5.71. The third kappa shape index (κ3) is 43.8. The number of rotatable bonds is 41. The Morgan fingerprint density at radius 2 is 0.772 bits per heavy atom. The molecular weight excluding hydrogens is 709 g/mol. The number of hydrogen-bond donors (Lipinski definition) is 0. The molecule has 326 valence electrons. The van der Waals surface area contributed by atoms with Gasteiger partial charge in [0.15, 0.2) is 6.10 Å². The first kappa shape index (κ1) is 53.9. The van der Waals surface area contributed by atoms with Gasteiger partial charge in [0.05, 0.1) is 0 Å². The quantitative estimate of drug-likeness (QED) is 0.0202. The summed E-state index contributed by atoms with van der Waals surface area (Å²) in [5.74, 6) is -0.944. The van der Waals surface area contributed by atoms with Crippen molar-refractivity contribution in [3.8, 4) is 0 Å². The van der Waals surface area contributed by atoms with E-state index in [-0.39, 0.29) is 37.5 Å². The van der Waals surface area contributed by atoms with Crippen LogP contribution in [0.1, 0.15) is 213 Å². The van der Waals surface area contributed by atoms with Crippen molar-refractivity contribution in [2.24, 2.45) is 0 Å². The molecule has 0 spiro atoms. The van der Waals surface area contributed by atoms with Gasteiger partial charge in [-0.3, -0.25) is 14.4 Å². The van der Waals surface area contributed by atoms with Gasteiger partial charge in [-0.05, 0) is 64.2 Å². The van der Waals surface area contributed by atoms with E-state index >= 15 is 0 Å². The molecule has 6 heteroatoms. The minimum atomic E-state index is -0.795. The van der Waals surface area contributed by atoms with E-state index in [0.717, 1.165) is 83.5 Å². The second-order valence-corrected chi connectivity index (χ2v) is 15.4. The lowest BCUT2D eigenvalue weighted by molar-refractivity contribution is -0.167. The summed E-state index contributed by atoms with van der Waals surface area (Å²) in [6.07, 6.45) is 56.0. The van der Waals surface area contributed by atoms with E-state index in [0.29, 0.717) is 19.3 Å². The highest BCUT2D eigenvalue weighted by Gasteiger charge is 2.19. The van der Waals surface area contributed by atoms with Crippen LogP contribution in [0.3, 0.4) is 0 Å². The lowest BCUT2D eigenvalue weighted by Gasteiger charge is -2.18. The fraction of sp³-hybridized carbons (Fsp3) is 0.706. The van der Waals surface area contributed by atoms with Gasteiger partial charge in [0, 0.05) is 19.3 Å². The predicted octanol–water partition coefficient (Wildman–Crippen LogP) is 15.1. The molecule has 0 rings (SSSR count). The summed E-state index contributed by atoms with van der Waals surface area (Å²) < 4.78 is 16.7. The summed E-state index contributed by atoms with van der Waals surface area (Å²) in [6, 6.07) is 0. The van der Waals surface area contributed by atoms with E-state index in [1.807, 2.05) is 36.5 Å². The zero-order valence-electron chi connectivity index (χ0n) is 37.1. The monoisotopic (exact) mass is 795 g/mol. The van der Waals surface area contributed by atoms with Gasteiger partial charge in [0.2, 0.25) is 0 Å². The summed E-state index contributed by atoms with van der Waals surface area (Å²) in [7, 11) is 0. The van der Waals surface area contributed by atoms with E-state index in [1.165, 1.54) is 83.5 Å². The molecule has 0 fully saturated rings. The highest BCUT2D eigenvalue weighted by Crippen LogP contribution is 2.14. The van der Waals surface area contributed by atoms with Crippen molar-refractivity contribution in [3.63, 3.8) is 0 Å². The molecule has 0 aliphatic rings. The summed E-state index contributed by atoms with van der Waals surface area (Å²) in [5, 5.41) is 0. The van der Waals surface area contributed by atoms with Crippen LogP contribution in [0.2, 0.25) is 0 Å². The average molecular weight is 795 g/mol. The number of hydrogen-bond acceptors (Lipinski definition) is 6. The average Bonchev–Trinajstić information content (AvgIpc) is 3.21. The van der Waals surface area contributed by atoms with Crippen molar-refractivity contribution < 1.29 is 28.6 Å². The maximum atomic E-state index is 12.7. The second-order valence-electron chi connectivity index (χ2n) is 15.4. The Bertz CT molecular complexity index is 1100. The Hall–Kier alpha value is -3.15.